The molecule has 0 unspecified atom stereocenters. The van der Waals surface area contributed by atoms with Crippen LogP contribution in [-0.4, -0.2) is 33.0 Å². The second-order valence-corrected chi connectivity index (χ2v) is 5.91. The number of nitrogens with zero attached hydrogens (tertiary/aromatic N) is 4. The molecule has 0 aliphatic rings. The molecule has 0 aliphatic carbocycles. The number of amides is 1. The monoisotopic (exact) mass is 372 g/mol. The molecule has 1 amide bonds. The van der Waals surface area contributed by atoms with Crippen LogP contribution < -0.4 is 15.8 Å². The second kappa shape index (κ2) is 7.28. The number of fused-ring (bicyclic) bond motifs is 1. The number of anilines is 2. The Hall–Kier alpha value is -4.07. The first kappa shape index (κ1) is 17.3. The van der Waals surface area contributed by atoms with Crippen LogP contribution in [0.1, 0.15) is 10.4 Å². The zero-order chi connectivity index (χ0) is 19.5. The Morgan fingerprint density at radius 2 is 1.93 bits per heavy atom. The first-order valence-electron chi connectivity index (χ1n) is 8.44. The van der Waals surface area contributed by atoms with Crippen molar-refractivity contribution >= 4 is 28.4 Å². The van der Waals surface area contributed by atoms with Gasteiger partial charge in [0.05, 0.1) is 18.2 Å². The first-order chi connectivity index (χ1) is 13.7. The quantitative estimate of drug-likeness (QED) is 0.553. The van der Waals surface area contributed by atoms with Gasteiger partial charge in [0.25, 0.3) is 5.91 Å². The molecule has 0 radical (unpaired) electrons. The van der Waals surface area contributed by atoms with E-state index in [9.17, 15) is 4.79 Å². The van der Waals surface area contributed by atoms with E-state index in [0.29, 0.717) is 34.1 Å². The molecule has 3 aromatic heterocycles. The van der Waals surface area contributed by atoms with Gasteiger partial charge in [-0.25, -0.2) is 15.0 Å². The third-order valence-electron chi connectivity index (χ3n) is 4.13. The van der Waals surface area contributed by atoms with Crippen LogP contribution in [0, 0.1) is 0 Å². The normalized spacial score (nSPS) is 10.6. The number of carbonyl (C=O) groups is 1. The fourth-order valence-corrected chi connectivity index (χ4v) is 2.77. The molecule has 0 fully saturated rings. The highest BCUT2D eigenvalue weighted by Crippen LogP contribution is 2.30. The molecular weight excluding hydrogens is 356 g/mol. The van der Waals surface area contributed by atoms with E-state index >= 15 is 0 Å². The van der Waals surface area contributed by atoms with Crippen molar-refractivity contribution < 1.29 is 9.53 Å². The molecule has 4 rings (SSSR count). The van der Waals surface area contributed by atoms with Gasteiger partial charge in [-0.1, -0.05) is 0 Å². The third kappa shape index (κ3) is 3.30. The van der Waals surface area contributed by atoms with Gasteiger partial charge < -0.3 is 15.8 Å². The van der Waals surface area contributed by atoms with E-state index in [2.05, 4.69) is 25.3 Å². The zero-order valence-corrected chi connectivity index (χ0v) is 15.0. The summed E-state index contributed by atoms with van der Waals surface area (Å²) < 4.78 is 5.32. The Morgan fingerprint density at radius 1 is 1.07 bits per heavy atom. The lowest BCUT2D eigenvalue weighted by atomic mass is 10.2. The standard InChI is InChI=1S/C20H16N6O2/c1-28-13-6-7-16-15(10-13)20(25-18(24-16)12-4-2-8-22-11-12)26-19-14(17(21)27)5-3-9-23-19/h2-11H,1H3,(H2,21,27)(H,23,24,25,26). The van der Waals surface area contributed by atoms with Crippen LogP contribution in [0.25, 0.3) is 22.3 Å². The molecule has 8 heteroatoms. The minimum atomic E-state index is -0.584. The second-order valence-electron chi connectivity index (χ2n) is 5.91. The summed E-state index contributed by atoms with van der Waals surface area (Å²) in [5.41, 5.74) is 7.20. The minimum Gasteiger partial charge on any atom is -0.497 e. The smallest absolute Gasteiger partial charge is 0.252 e. The van der Waals surface area contributed by atoms with Gasteiger partial charge in [-0.15, -0.1) is 0 Å². The van der Waals surface area contributed by atoms with Gasteiger partial charge in [-0.2, -0.15) is 0 Å². The fraction of sp³-hybridized carbons (Fsp3) is 0.0500. The molecule has 0 saturated heterocycles. The maximum absolute atomic E-state index is 11.7. The zero-order valence-electron chi connectivity index (χ0n) is 15.0. The van der Waals surface area contributed by atoms with E-state index in [0.717, 1.165) is 5.56 Å². The van der Waals surface area contributed by atoms with E-state index in [-0.39, 0.29) is 5.56 Å². The number of carbonyl (C=O) groups excluding carboxylic acids is 1. The summed E-state index contributed by atoms with van der Waals surface area (Å²) in [5, 5.41) is 3.84. The molecule has 0 aliphatic heterocycles. The Morgan fingerprint density at radius 3 is 2.68 bits per heavy atom. The number of hydrogen-bond donors (Lipinski definition) is 2. The Bertz CT molecular complexity index is 1160. The number of nitrogens with one attached hydrogen (secondary N) is 1. The van der Waals surface area contributed by atoms with Crippen LogP contribution in [0.4, 0.5) is 11.6 Å². The average Bonchev–Trinajstić information content (AvgIpc) is 2.74. The van der Waals surface area contributed by atoms with Crippen molar-refractivity contribution in [3.8, 4) is 17.1 Å². The summed E-state index contributed by atoms with van der Waals surface area (Å²) in [6, 6.07) is 12.4. The maximum atomic E-state index is 11.7. The predicted octanol–water partition coefficient (Wildman–Crippen LogP) is 2.94. The fourth-order valence-electron chi connectivity index (χ4n) is 2.77. The SMILES string of the molecule is COc1ccc2nc(-c3cccnc3)nc(Nc3ncccc3C(N)=O)c2c1. The largest absolute Gasteiger partial charge is 0.497 e. The number of aromatic nitrogens is 4. The summed E-state index contributed by atoms with van der Waals surface area (Å²) in [4.78, 5) is 29.4. The van der Waals surface area contributed by atoms with Gasteiger partial charge >= 0.3 is 0 Å². The van der Waals surface area contributed by atoms with Crippen LogP contribution in [0.5, 0.6) is 5.75 Å². The lowest BCUT2D eigenvalue weighted by Crippen LogP contribution is -2.14. The maximum Gasteiger partial charge on any atom is 0.252 e. The van der Waals surface area contributed by atoms with Crippen molar-refractivity contribution in [2.24, 2.45) is 5.73 Å². The highest BCUT2D eigenvalue weighted by atomic mass is 16.5. The number of benzene rings is 1. The van der Waals surface area contributed by atoms with E-state index in [1.807, 2.05) is 30.3 Å². The summed E-state index contributed by atoms with van der Waals surface area (Å²) in [6.07, 6.45) is 4.94. The van der Waals surface area contributed by atoms with Crippen LogP contribution >= 0.6 is 0 Å². The average molecular weight is 372 g/mol. The number of ether oxygens (including phenoxy) is 1. The van der Waals surface area contributed by atoms with Crippen molar-refractivity contribution in [1.82, 2.24) is 19.9 Å². The molecule has 28 heavy (non-hydrogen) atoms. The van der Waals surface area contributed by atoms with Crippen LogP contribution in [0.3, 0.4) is 0 Å². The topological polar surface area (TPSA) is 116 Å². The number of pyridine rings is 2. The van der Waals surface area contributed by atoms with Gasteiger partial charge in [0.1, 0.15) is 17.4 Å². The van der Waals surface area contributed by atoms with Gasteiger partial charge in [0.2, 0.25) is 0 Å². The molecule has 0 spiro atoms. The lowest BCUT2D eigenvalue weighted by Gasteiger charge is -2.13. The van der Waals surface area contributed by atoms with E-state index in [1.54, 1.807) is 37.8 Å². The van der Waals surface area contributed by atoms with E-state index in [1.165, 1.54) is 0 Å². The van der Waals surface area contributed by atoms with E-state index in [4.69, 9.17) is 10.5 Å². The van der Waals surface area contributed by atoms with Gasteiger partial charge in [0, 0.05) is 29.5 Å². The molecule has 3 N–H and O–H groups in total. The molecule has 0 bridgehead atoms. The number of rotatable bonds is 5. The number of hydrogen-bond acceptors (Lipinski definition) is 7. The number of methoxy groups -OCH3 is 1. The van der Waals surface area contributed by atoms with Crippen molar-refractivity contribution in [1.29, 1.82) is 0 Å². The number of nitrogens with two attached hydrogens (primary N) is 1. The Kier molecular flexibility index (Phi) is 4.51. The first-order valence-corrected chi connectivity index (χ1v) is 8.44. The third-order valence-corrected chi connectivity index (χ3v) is 4.13. The lowest BCUT2D eigenvalue weighted by molar-refractivity contribution is 0.100. The Labute approximate surface area is 160 Å². The highest BCUT2D eigenvalue weighted by molar-refractivity contribution is 6.00. The predicted molar refractivity (Wildman–Crippen MR) is 105 cm³/mol. The van der Waals surface area contributed by atoms with Crippen molar-refractivity contribution in [3.05, 3.63) is 66.6 Å². The van der Waals surface area contributed by atoms with Gasteiger partial charge in [-0.05, 0) is 42.5 Å². The van der Waals surface area contributed by atoms with Crippen molar-refractivity contribution in [2.45, 2.75) is 0 Å². The van der Waals surface area contributed by atoms with Crippen LogP contribution in [0.15, 0.2) is 61.1 Å². The van der Waals surface area contributed by atoms with Crippen LogP contribution in [-0.2, 0) is 0 Å². The molecule has 3 heterocycles. The van der Waals surface area contributed by atoms with Gasteiger partial charge in [-0.3, -0.25) is 9.78 Å². The van der Waals surface area contributed by atoms with Crippen LogP contribution in [0.2, 0.25) is 0 Å². The molecule has 1 aromatic carbocycles. The molecule has 4 aromatic rings. The Balaban J connectivity index is 1.91. The van der Waals surface area contributed by atoms with E-state index < -0.39 is 5.91 Å². The summed E-state index contributed by atoms with van der Waals surface area (Å²) in [5.74, 6) is 1.35. The molecule has 0 saturated carbocycles. The molecule has 138 valence electrons. The summed E-state index contributed by atoms with van der Waals surface area (Å²) in [7, 11) is 1.59. The minimum absolute atomic E-state index is 0.264. The molecular formula is C20H16N6O2. The number of primary amides is 1. The molecule has 0 atom stereocenters. The van der Waals surface area contributed by atoms with Crippen molar-refractivity contribution in [3.63, 3.8) is 0 Å². The van der Waals surface area contributed by atoms with Gasteiger partial charge in [0.15, 0.2) is 5.82 Å². The summed E-state index contributed by atoms with van der Waals surface area (Å²) in [6.45, 7) is 0. The highest BCUT2D eigenvalue weighted by Gasteiger charge is 2.15. The van der Waals surface area contributed by atoms with Crippen molar-refractivity contribution in [2.75, 3.05) is 12.4 Å². The molecule has 8 nitrogen and oxygen atoms in total. The summed E-state index contributed by atoms with van der Waals surface area (Å²) >= 11 is 0.